The number of hydrogen-bond donors (Lipinski definition) is 1. The molecule has 2 heterocycles. The van der Waals surface area contributed by atoms with Gasteiger partial charge in [0.2, 0.25) is 0 Å². The van der Waals surface area contributed by atoms with Crippen molar-refractivity contribution in [3.05, 3.63) is 16.0 Å². The Labute approximate surface area is 115 Å². The van der Waals surface area contributed by atoms with Crippen molar-refractivity contribution in [1.82, 2.24) is 9.97 Å². The highest BCUT2D eigenvalue weighted by molar-refractivity contribution is 9.10. The SMILES string of the molecule is CNc1nc(C2(OC)CCOCC2)nc(C)c1Br. The molecule has 0 radical (unpaired) electrons. The van der Waals surface area contributed by atoms with Gasteiger partial charge in [0.15, 0.2) is 5.82 Å². The Balaban J connectivity index is 2.45. The van der Waals surface area contributed by atoms with Gasteiger partial charge in [-0.25, -0.2) is 9.97 Å². The molecule has 1 saturated heterocycles. The van der Waals surface area contributed by atoms with E-state index in [1.54, 1.807) is 7.11 Å². The molecule has 18 heavy (non-hydrogen) atoms. The van der Waals surface area contributed by atoms with Crippen LogP contribution in [0, 0.1) is 6.92 Å². The lowest BCUT2D eigenvalue weighted by atomic mass is 9.93. The summed E-state index contributed by atoms with van der Waals surface area (Å²) in [6.07, 6.45) is 1.57. The Morgan fingerprint density at radius 3 is 2.56 bits per heavy atom. The number of halogens is 1. The van der Waals surface area contributed by atoms with Crippen LogP contribution >= 0.6 is 15.9 Å². The molecule has 0 aliphatic carbocycles. The van der Waals surface area contributed by atoms with E-state index >= 15 is 0 Å². The molecule has 1 N–H and O–H groups in total. The third-order valence-corrected chi connectivity index (χ3v) is 4.30. The van der Waals surface area contributed by atoms with Gasteiger partial charge >= 0.3 is 0 Å². The largest absolute Gasteiger partial charge is 0.381 e. The van der Waals surface area contributed by atoms with Crippen molar-refractivity contribution in [2.24, 2.45) is 0 Å². The van der Waals surface area contributed by atoms with Gasteiger partial charge in [-0.05, 0) is 22.9 Å². The quantitative estimate of drug-likeness (QED) is 0.927. The van der Waals surface area contributed by atoms with Gasteiger partial charge in [-0.1, -0.05) is 0 Å². The second-order valence-electron chi connectivity index (χ2n) is 4.36. The molecule has 1 aliphatic rings. The molecule has 1 fully saturated rings. The van der Waals surface area contributed by atoms with Crippen LogP contribution in [-0.2, 0) is 15.1 Å². The standard InChI is InChI=1S/C12H18BrN3O2/c1-8-9(13)10(14-2)16-11(15-8)12(17-3)4-6-18-7-5-12/h4-7H2,1-3H3,(H,14,15,16). The highest BCUT2D eigenvalue weighted by Gasteiger charge is 2.38. The molecule has 0 saturated carbocycles. The fraction of sp³-hybridized carbons (Fsp3) is 0.667. The van der Waals surface area contributed by atoms with Crippen LogP contribution in [0.5, 0.6) is 0 Å². The van der Waals surface area contributed by atoms with E-state index in [4.69, 9.17) is 9.47 Å². The maximum atomic E-state index is 5.71. The van der Waals surface area contributed by atoms with Crippen molar-refractivity contribution in [2.45, 2.75) is 25.4 Å². The highest BCUT2D eigenvalue weighted by atomic mass is 79.9. The average molecular weight is 316 g/mol. The first-order chi connectivity index (χ1) is 8.63. The lowest BCUT2D eigenvalue weighted by molar-refractivity contribution is -0.1000. The number of aromatic nitrogens is 2. The monoisotopic (exact) mass is 315 g/mol. The summed E-state index contributed by atoms with van der Waals surface area (Å²) in [5.41, 5.74) is 0.488. The first kappa shape index (κ1) is 13.7. The van der Waals surface area contributed by atoms with Crippen molar-refractivity contribution in [2.75, 3.05) is 32.7 Å². The molecular weight excluding hydrogens is 298 g/mol. The van der Waals surface area contributed by atoms with E-state index in [2.05, 4.69) is 31.2 Å². The van der Waals surface area contributed by atoms with Gasteiger partial charge in [0, 0.05) is 40.2 Å². The van der Waals surface area contributed by atoms with Crippen LogP contribution < -0.4 is 5.32 Å². The Morgan fingerprint density at radius 1 is 1.33 bits per heavy atom. The Bertz CT molecular complexity index is 434. The van der Waals surface area contributed by atoms with Crippen LogP contribution in [0.4, 0.5) is 5.82 Å². The second-order valence-corrected chi connectivity index (χ2v) is 5.15. The zero-order chi connectivity index (χ0) is 13.2. The van der Waals surface area contributed by atoms with Gasteiger partial charge in [0.25, 0.3) is 0 Å². The van der Waals surface area contributed by atoms with Crippen molar-refractivity contribution in [3.63, 3.8) is 0 Å². The van der Waals surface area contributed by atoms with Crippen LogP contribution in [0.3, 0.4) is 0 Å². The van der Waals surface area contributed by atoms with E-state index in [1.165, 1.54) is 0 Å². The molecule has 100 valence electrons. The maximum absolute atomic E-state index is 5.71. The second kappa shape index (κ2) is 5.50. The summed E-state index contributed by atoms with van der Waals surface area (Å²) >= 11 is 3.49. The third kappa shape index (κ3) is 2.37. The van der Waals surface area contributed by atoms with E-state index in [1.807, 2.05) is 14.0 Å². The van der Waals surface area contributed by atoms with Gasteiger partial charge in [-0.15, -0.1) is 0 Å². The molecule has 6 heteroatoms. The van der Waals surface area contributed by atoms with E-state index in [-0.39, 0.29) is 0 Å². The van der Waals surface area contributed by atoms with E-state index < -0.39 is 5.60 Å². The molecule has 0 aromatic carbocycles. The number of hydrogen-bond acceptors (Lipinski definition) is 5. The summed E-state index contributed by atoms with van der Waals surface area (Å²) in [6.45, 7) is 3.32. The Kier molecular flexibility index (Phi) is 4.19. The predicted octanol–water partition coefficient (Wildman–Crippen LogP) is 2.24. The minimum atomic E-state index is -0.421. The number of nitrogens with zero attached hydrogens (tertiary/aromatic N) is 2. The molecule has 5 nitrogen and oxygen atoms in total. The lowest BCUT2D eigenvalue weighted by Gasteiger charge is -2.34. The fourth-order valence-electron chi connectivity index (χ4n) is 2.15. The number of anilines is 1. The molecule has 1 aromatic rings. The average Bonchev–Trinajstić information content (AvgIpc) is 2.42. The molecular formula is C12H18BrN3O2. The molecule has 0 bridgehead atoms. The van der Waals surface area contributed by atoms with Crippen LogP contribution in [0.25, 0.3) is 0 Å². The summed E-state index contributed by atoms with van der Waals surface area (Å²) in [5.74, 6) is 1.53. The number of ether oxygens (including phenoxy) is 2. The number of aryl methyl sites for hydroxylation is 1. The van der Waals surface area contributed by atoms with Gasteiger partial charge in [0.05, 0.1) is 10.2 Å². The first-order valence-corrected chi connectivity index (χ1v) is 6.77. The topological polar surface area (TPSA) is 56.3 Å². The van der Waals surface area contributed by atoms with Gasteiger partial charge in [0.1, 0.15) is 11.4 Å². The minimum Gasteiger partial charge on any atom is -0.381 e. The Morgan fingerprint density at radius 2 is 2.00 bits per heavy atom. The fourth-order valence-corrected chi connectivity index (χ4v) is 2.52. The van der Waals surface area contributed by atoms with Crippen LogP contribution in [0.15, 0.2) is 4.47 Å². The smallest absolute Gasteiger partial charge is 0.163 e. The van der Waals surface area contributed by atoms with Crippen LogP contribution in [0.1, 0.15) is 24.4 Å². The van der Waals surface area contributed by atoms with E-state index in [9.17, 15) is 0 Å². The van der Waals surface area contributed by atoms with Crippen LogP contribution in [0.2, 0.25) is 0 Å². The molecule has 2 rings (SSSR count). The van der Waals surface area contributed by atoms with Crippen molar-refractivity contribution in [1.29, 1.82) is 0 Å². The van der Waals surface area contributed by atoms with E-state index in [0.29, 0.717) is 13.2 Å². The molecule has 0 atom stereocenters. The van der Waals surface area contributed by atoms with Crippen molar-refractivity contribution < 1.29 is 9.47 Å². The molecule has 0 unspecified atom stereocenters. The third-order valence-electron chi connectivity index (χ3n) is 3.35. The summed E-state index contributed by atoms with van der Waals surface area (Å²) in [7, 11) is 3.56. The molecule has 1 aliphatic heterocycles. The summed E-state index contributed by atoms with van der Waals surface area (Å²) < 4.78 is 12.0. The summed E-state index contributed by atoms with van der Waals surface area (Å²) in [4.78, 5) is 9.14. The van der Waals surface area contributed by atoms with Gasteiger partial charge in [-0.2, -0.15) is 0 Å². The first-order valence-electron chi connectivity index (χ1n) is 5.98. The number of nitrogens with one attached hydrogen (secondary N) is 1. The van der Waals surface area contributed by atoms with Gasteiger partial charge < -0.3 is 14.8 Å². The number of methoxy groups -OCH3 is 1. The predicted molar refractivity (Wildman–Crippen MR) is 72.8 cm³/mol. The summed E-state index contributed by atoms with van der Waals surface area (Å²) in [5, 5.41) is 3.07. The molecule has 0 spiro atoms. The minimum absolute atomic E-state index is 0.421. The van der Waals surface area contributed by atoms with Crippen molar-refractivity contribution in [3.8, 4) is 0 Å². The van der Waals surface area contributed by atoms with Crippen molar-refractivity contribution >= 4 is 21.7 Å². The van der Waals surface area contributed by atoms with E-state index in [0.717, 1.165) is 34.7 Å². The zero-order valence-corrected chi connectivity index (χ0v) is 12.5. The zero-order valence-electron chi connectivity index (χ0n) is 10.9. The number of rotatable bonds is 3. The normalized spacial score (nSPS) is 18.7. The lowest BCUT2D eigenvalue weighted by Crippen LogP contribution is -2.37. The Hall–Kier alpha value is -0.720. The molecule has 1 aromatic heterocycles. The summed E-state index contributed by atoms with van der Waals surface area (Å²) in [6, 6.07) is 0. The van der Waals surface area contributed by atoms with Crippen LogP contribution in [-0.4, -0.2) is 37.3 Å². The maximum Gasteiger partial charge on any atom is 0.163 e. The highest BCUT2D eigenvalue weighted by Crippen LogP contribution is 2.35. The van der Waals surface area contributed by atoms with Gasteiger partial charge in [-0.3, -0.25) is 0 Å². The molecule has 0 amide bonds.